The number of nitrogens with one attached hydrogen (secondary N) is 2. The first-order valence-corrected chi connectivity index (χ1v) is 6.03. The van der Waals surface area contributed by atoms with Gasteiger partial charge in [-0.25, -0.2) is 0 Å². The second-order valence-corrected chi connectivity index (χ2v) is 4.50. The second-order valence-electron chi connectivity index (χ2n) is 3.69. The Kier molecular flexibility index (Phi) is 4.18. The van der Waals surface area contributed by atoms with Crippen molar-refractivity contribution in [3.8, 4) is 0 Å². The monoisotopic (exact) mass is 283 g/mol. The summed E-state index contributed by atoms with van der Waals surface area (Å²) in [7, 11) is 0.803. The molecule has 0 aliphatic carbocycles. The molecular weight excluding hydrogens is 272 g/mol. The zero-order chi connectivity index (χ0) is 13.1. The van der Waals surface area contributed by atoms with Crippen molar-refractivity contribution in [3.63, 3.8) is 0 Å². The molecule has 0 bridgehead atoms. The first-order valence-electron chi connectivity index (χ1n) is 5.24. The minimum Gasteiger partial charge on any atom is -0.423 e. The zero-order valence-electron chi connectivity index (χ0n) is 9.61. The van der Waals surface area contributed by atoms with E-state index in [9.17, 15) is 5.02 Å². The molecule has 1 aliphatic heterocycles. The fourth-order valence-electron chi connectivity index (χ4n) is 1.58. The molecule has 0 atom stereocenters. The van der Waals surface area contributed by atoms with Gasteiger partial charge in [-0.3, -0.25) is 5.43 Å². The maximum Gasteiger partial charge on any atom is 0.491 e. The van der Waals surface area contributed by atoms with E-state index < -0.39 is 7.12 Å². The molecule has 1 aromatic carbocycles. The quantitative estimate of drug-likeness (QED) is 0.308. The van der Waals surface area contributed by atoms with Gasteiger partial charge in [0.15, 0.2) is 5.11 Å². The molecule has 94 valence electrons. The topological polar surface area (TPSA) is 65.9 Å². The van der Waals surface area contributed by atoms with Gasteiger partial charge in [-0.05, 0) is 29.3 Å². The molecular formula is C10H11BClN3O2S. The summed E-state index contributed by atoms with van der Waals surface area (Å²) >= 11 is 11.0. The minimum absolute atomic E-state index is 0.371. The van der Waals surface area contributed by atoms with Crippen LogP contribution in [0, 0.1) is 0 Å². The standard InChI is InChI=1S/C10H11BClN3O2S/c1-13-10(18)15-14-4-6-2-8-7(3-9(6)12)5-17-11(8)16/h2-4,16H,5H2,1H3,(H2,13,15,18)/b14-4+. The van der Waals surface area contributed by atoms with Gasteiger partial charge < -0.3 is 15.0 Å². The van der Waals surface area contributed by atoms with E-state index >= 15 is 0 Å². The van der Waals surface area contributed by atoms with Crippen molar-refractivity contribution < 1.29 is 9.68 Å². The second kappa shape index (κ2) is 5.66. The minimum atomic E-state index is -0.893. The number of fused-ring (bicyclic) bond motifs is 1. The first-order chi connectivity index (χ1) is 8.61. The van der Waals surface area contributed by atoms with Gasteiger partial charge >= 0.3 is 7.12 Å². The predicted molar refractivity (Wildman–Crippen MR) is 76.2 cm³/mol. The van der Waals surface area contributed by atoms with Crippen LogP contribution in [-0.4, -0.2) is 30.5 Å². The van der Waals surface area contributed by atoms with E-state index in [1.54, 1.807) is 19.2 Å². The lowest BCUT2D eigenvalue weighted by atomic mass is 9.79. The summed E-state index contributed by atoms with van der Waals surface area (Å²) in [5.74, 6) is 0. The molecule has 18 heavy (non-hydrogen) atoms. The van der Waals surface area contributed by atoms with E-state index in [4.69, 9.17) is 28.5 Å². The molecule has 0 radical (unpaired) electrons. The third-order valence-electron chi connectivity index (χ3n) is 2.52. The van der Waals surface area contributed by atoms with Crippen molar-refractivity contribution >= 4 is 47.7 Å². The molecule has 1 aromatic rings. The number of hydrazone groups is 1. The van der Waals surface area contributed by atoms with Gasteiger partial charge in [-0.15, -0.1) is 0 Å². The number of rotatable bonds is 2. The van der Waals surface area contributed by atoms with Crippen molar-refractivity contribution in [2.45, 2.75) is 6.61 Å². The van der Waals surface area contributed by atoms with E-state index in [0.29, 0.717) is 22.3 Å². The Balaban J connectivity index is 2.19. The Labute approximate surface area is 115 Å². The normalized spacial score (nSPS) is 13.8. The van der Waals surface area contributed by atoms with Crippen molar-refractivity contribution in [2.75, 3.05) is 7.05 Å². The van der Waals surface area contributed by atoms with Crippen LogP contribution in [0.25, 0.3) is 0 Å². The number of nitrogens with zero attached hydrogens (tertiary/aromatic N) is 1. The van der Waals surface area contributed by atoms with Gasteiger partial charge in [0.25, 0.3) is 0 Å². The highest BCUT2D eigenvalue weighted by Gasteiger charge is 2.28. The zero-order valence-corrected chi connectivity index (χ0v) is 11.2. The highest BCUT2D eigenvalue weighted by Crippen LogP contribution is 2.19. The van der Waals surface area contributed by atoms with Crippen molar-refractivity contribution in [3.05, 3.63) is 28.3 Å². The van der Waals surface area contributed by atoms with Crippen LogP contribution in [0.5, 0.6) is 0 Å². The Morgan fingerprint density at radius 3 is 3.17 bits per heavy atom. The molecule has 1 heterocycles. The van der Waals surface area contributed by atoms with Crippen LogP contribution in [0.4, 0.5) is 0 Å². The number of hydrogen-bond donors (Lipinski definition) is 3. The summed E-state index contributed by atoms with van der Waals surface area (Å²) in [6.45, 7) is 0.371. The molecule has 0 saturated heterocycles. The van der Waals surface area contributed by atoms with Gasteiger partial charge in [0, 0.05) is 17.6 Å². The summed E-state index contributed by atoms with van der Waals surface area (Å²) in [5, 5.41) is 17.2. The van der Waals surface area contributed by atoms with Gasteiger partial charge in [-0.2, -0.15) is 5.10 Å². The fourth-order valence-corrected chi connectivity index (χ4v) is 1.87. The number of thiocarbonyl (C=S) groups is 1. The van der Waals surface area contributed by atoms with E-state index in [2.05, 4.69) is 15.8 Å². The smallest absolute Gasteiger partial charge is 0.423 e. The summed E-state index contributed by atoms with van der Waals surface area (Å²) in [4.78, 5) is 0. The molecule has 3 N–H and O–H groups in total. The average molecular weight is 284 g/mol. The van der Waals surface area contributed by atoms with E-state index in [0.717, 1.165) is 11.0 Å². The van der Waals surface area contributed by atoms with E-state index in [1.807, 2.05) is 0 Å². The Morgan fingerprint density at radius 2 is 2.44 bits per heavy atom. The maximum atomic E-state index is 9.59. The molecule has 0 saturated carbocycles. The lowest BCUT2D eigenvalue weighted by Gasteiger charge is -2.04. The molecule has 1 aliphatic rings. The number of benzene rings is 1. The summed E-state index contributed by atoms with van der Waals surface area (Å²) in [6.07, 6.45) is 1.54. The molecule has 5 nitrogen and oxygen atoms in total. The Hall–Kier alpha value is -1.15. The van der Waals surface area contributed by atoms with E-state index in [1.165, 1.54) is 6.21 Å². The molecule has 0 aromatic heterocycles. The molecule has 8 heteroatoms. The average Bonchev–Trinajstić information content (AvgIpc) is 2.70. The molecule has 2 rings (SSSR count). The van der Waals surface area contributed by atoms with Crippen LogP contribution in [0.1, 0.15) is 11.1 Å². The molecule has 0 spiro atoms. The Morgan fingerprint density at radius 1 is 1.67 bits per heavy atom. The maximum absolute atomic E-state index is 9.59. The van der Waals surface area contributed by atoms with Crippen LogP contribution in [0.3, 0.4) is 0 Å². The highest BCUT2D eigenvalue weighted by atomic mass is 35.5. The molecule has 0 unspecified atom stereocenters. The van der Waals surface area contributed by atoms with Crippen LogP contribution < -0.4 is 16.2 Å². The largest absolute Gasteiger partial charge is 0.491 e. The highest BCUT2D eigenvalue weighted by molar-refractivity contribution is 7.80. The van der Waals surface area contributed by atoms with Crippen molar-refractivity contribution in [2.24, 2.45) is 5.10 Å². The van der Waals surface area contributed by atoms with E-state index in [-0.39, 0.29) is 0 Å². The first kappa shape index (κ1) is 13.3. The lowest BCUT2D eigenvalue weighted by molar-refractivity contribution is 0.275. The third kappa shape index (κ3) is 2.81. The summed E-state index contributed by atoms with van der Waals surface area (Å²) < 4.78 is 5.10. The summed E-state index contributed by atoms with van der Waals surface area (Å²) in [5.41, 5.74) is 4.92. The van der Waals surface area contributed by atoms with Crippen LogP contribution in [0.2, 0.25) is 5.02 Å². The Bertz CT molecular complexity index is 512. The van der Waals surface area contributed by atoms with Crippen molar-refractivity contribution in [1.82, 2.24) is 10.7 Å². The fraction of sp³-hybridized carbons (Fsp3) is 0.200. The van der Waals surface area contributed by atoms with Crippen LogP contribution in [0.15, 0.2) is 17.2 Å². The molecule has 0 fully saturated rings. The predicted octanol–water partition coefficient (Wildman–Crippen LogP) is -0.0145. The van der Waals surface area contributed by atoms with Gasteiger partial charge in [0.1, 0.15) is 0 Å². The van der Waals surface area contributed by atoms with Gasteiger partial charge in [0.2, 0.25) is 0 Å². The number of hydrogen-bond acceptors (Lipinski definition) is 4. The van der Waals surface area contributed by atoms with Crippen molar-refractivity contribution in [1.29, 1.82) is 0 Å². The summed E-state index contributed by atoms with van der Waals surface area (Å²) in [6, 6.07) is 3.52. The van der Waals surface area contributed by atoms with Crippen LogP contribution in [-0.2, 0) is 11.3 Å². The van der Waals surface area contributed by atoms with Crippen LogP contribution >= 0.6 is 23.8 Å². The van der Waals surface area contributed by atoms with Gasteiger partial charge in [-0.1, -0.05) is 17.7 Å². The molecule has 0 amide bonds. The van der Waals surface area contributed by atoms with Gasteiger partial charge in [0.05, 0.1) is 12.8 Å². The lowest BCUT2D eigenvalue weighted by Crippen LogP contribution is -2.29. The third-order valence-corrected chi connectivity index (χ3v) is 3.14. The number of halogens is 1. The SMILES string of the molecule is CNC(=S)N/N=C/c1cc2c(cc1Cl)COB2O.